The van der Waals surface area contributed by atoms with E-state index in [1.807, 2.05) is 13.8 Å². The minimum absolute atomic E-state index is 0.121. The lowest BCUT2D eigenvalue weighted by atomic mass is 10.2. The first kappa shape index (κ1) is 15.1. The second-order valence-corrected chi connectivity index (χ2v) is 3.52. The summed E-state index contributed by atoms with van der Waals surface area (Å²) in [7, 11) is 0. The predicted molar refractivity (Wildman–Crippen MR) is 60.9 cm³/mol. The highest BCUT2D eigenvalue weighted by molar-refractivity contribution is 5.91. The number of ether oxygens (including phenoxy) is 2. The molecule has 0 amide bonds. The largest absolute Gasteiger partial charge is 0.462 e. The van der Waals surface area contributed by atoms with Crippen LogP contribution in [0.25, 0.3) is 0 Å². The Bertz CT molecular complexity index is 328. The molecule has 94 valence electrons. The minimum atomic E-state index is -0.818. The number of hydrogen-bond donors (Lipinski definition) is 0. The topological polar surface area (TPSA) is 69.7 Å². The molecule has 0 bridgehead atoms. The summed E-state index contributed by atoms with van der Waals surface area (Å²) in [6.45, 7) is 6.86. The van der Waals surface area contributed by atoms with Gasteiger partial charge < -0.3 is 9.47 Å². The van der Waals surface area contributed by atoms with E-state index in [1.165, 1.54) is 6.08 Å². The monoisotopic (exact) mass is 240 g/mol. The van der Waals surface area contributed by atoms with Crippen LogP contribution in [0.5, 0.6) is 0 Å². The lowest BCUT2D eigenvalue weighted by molar-refractivity contribution is -0.157. The molecule has 0 aromatic heterocycles. The van der Waals surface area contributed by atoms with Crippen LogP contribution in [0.1, 0.15) is 20.3 Å². The van der Waals surface area contributed by atoms with Gasteiger partial charge in [-0.15, -0.1) is 0 Å². The zero-order chi connectivity index (χ0) is 13.3. The highest BCUT2D eigenvalue weighted by Crippen LogP contribution is 1.95. The molecule has 5 heteroatoms. The summed E-state index contributed by atoms with van der Waals surface area (Å²) in [5.41, 5.74) is 0. The summed E-state index contributed by atoms with van der Waals surface area (Å²) in [6.07, 6.45) is 3.70. The fourth-order valence-corrected chi connectivity index (χ4v) is 0.759. The van der Waals surface area contributed by atoms with E-state index in [2.05, 4.69) is 11.3 Å². The Balaban J connectivity index is 3.77. The second-order valence-electron chi connectivity index (χ2n) is 3.52. The van der Waals surface area contributed by atoms with Crippen molar-refractivity contribution in [2.24, 2.45) is 5.92 Å². The van der Waals surface area contributed by atoms with Crippen LogP contribution >= 0.6 is 0 Å². The third kappa shape index (κ3) is 9.04. The minimum Gasteiger partial charge on any atom is -0.462 e. The molecule has 0 aromatic rings. The van der Waals surface area contributed by atoms with Gasteiger partial charge in [-0.25, -0.2) is 9.59 Å². The van der Waals surface area contributed by atoms with Crippen LogP contribution in [0.3, 0.4) is 0 Å². The summed E-state index contributed by atoms with van der Waals surface area (Å²) >= 11 is 0. The number of carbonyl (C=O) groups excluding carboxylic acids is 3. The maximum atomic E-state index is 11.1. The quantitative estimate of drug-likeness (QED) is 0.398. The summed E-state index contributed by atoms with van der Waals surface area (Å²) in [5.74, 6) is -1.85. The van der Waals surface area contributed by atoms with Crippen molar-refractivity contribution in [1.82, 2.24) is 0 Å². The van der Waals surface area contributed by atoms with Crippen LogP contribution in [-0.4, -0.2) is 24.5 Å². The summed E-state index contributed by atoms with van der Waals surface area (Å²) in [5, 5.41) is 0. The average molecular weight is 240 g/mol. The van der Waals surface area contributed by atoms with Crippen LogP contribution in [0.2, 0.25) is 0 Å². The smallest absolute Gasteiger partial charge is 0.337 e. The van der Waals surface area contributed by atoms with Crippen LogP contribution in [0, 0.1) is 5.92 Å². The van der Waals surface area contributed by atoms with Gasteiger partial charge in [-0.3, -0.25) is 4.79 Å². The molecular weight excluding hydrogens is 224 g/mol. The standard InChI is InChI=1S/C12H16O5/c1-4-10(13)17-12(15)7-8-16-11(14)6-5-9(2)3/h4-6,9H,1,7-8H2,2-3H3. The van der Waals surface area contributed by atoms with Crippen molar-refractivity contribution in [2.45, 2.75) is 20.3 Å². The summed E-state index contributed by atoms with van der Waals surface area (Å²) < 4.78 is 8.99. The Morgan fingerprint density at radius 1 is 1.24 bits per heavy atom. The van der Waals surface area contributed by atoms with Gasteiger partial charge in [0.1, 0.15) is 6.61 Å². The molecule has 0 saturated heterocycles. The molecular formula is C12H16O5. The van der Waals surface area contributed by atoms with Gasteiger partial charge in [0.05, 0.1) is 6.42 Å². The van der Waals surface area contributed by atoms with Gasteiger partial charge in [-0.1, -0.05) is 26.5 Å². The van der Waals surface area contributed by atoms with Crippen molar-refractivity contribution in [3.8, 4) is 0 Å². The highest BCUT2D eigenvalue weighted by Gasteiger charge is 2.08. The molecule has 0 N–H and O–H groups in total. The zero-order valence-corrected chi connectivity index (χ0v) is 9.97. The lowest BCUT2D eigenvalue weighted by Gasteiger charge is -2.01. The van der Waals surface area contributed by atoms with Gasteiger partial charge in [0.25, 0.3) is 0 Å². The van der Waals surface area contributed by atoms with Crippen molar-refractivity contribution in [3.05, 3.63) is 24.8 Å². The van der Waals surface area contributed by atoms with Gasteiger partial charge >= 0.3 is 17.9 Å². The third-order valence-corrected chi connectivity index (χ3v) is 1.55. The van der Waals surface area contributed by atoms with E-state index in [0.29, 0.717) is 0 Å². The number of allylic oxidation sites excluding steroid dienone is 1. The molecule has 0 radical (unpaired) electrons. The Morgan fingerprint density at radius 3 is 2.41 bits per heavy atom. The molecule has 0 spiro atoms. The number of esters is 3. The van der Waals surface area contributed by atoms with E-state index in [9.17, 15) is 14.4 Å². The van der Waals surface area contributed by atoms with Crippen molar-refractivity contribution in [2.75, 3.05) is 6.61 Å². The molecule has 0 aliphatic rings. The van der Waals surface area contributed by atoms with Crippen molar-refractivity contribution >= 4 is 17.9 Å². The van der Waals surface area contributed by atoms with Gasteiger partial charge in [0.15, 0.2) is 0 Å². The fourth-order valence-electron chi connectivity index (χ4n) is 0.759. The van der Waals surface area contributed by atoms with Gasteiger partial charge in [0.2, 0.25) is 0 Å². The average Bonchev–Trinajstić information content (AvgIpc) is 2.26. The fraction of sp³-hybridized carbons (Fsp3) is 0.417. The van der Waals surface area contributed by atoms with Gasteiger partial charge in [0, 0.05) is 12.2 Å². The SMILES string of the molecule is C=CC(=O)OC(=O)CCOC(=O)C=CC(C)C. The molecule has 5 nitrogen and oxygen atoms in total. The normalized spacial score (nSPS) is 10.3. The molecule has 0 saturated carbocycles. The number of hydrogen-bond acceptors (Lipinski definition) is 5. The molecule has 0 rings (SSSR count). The van der Waals surface area contributed by atoms with E-state index >= 15 is 0 Å². The van der Waals surface area contributed by atoms with Crippen LogP contribution in [-0.2, 0) is 23.9 Å². The molecule has 0 atom stereocenters. The van der Waals surface area contributed by atoms with Crippen molar-refractivity contribution in [3.63, 3.8) is 0 Å². The van der Waals surface area contributed by atoms with E-state index in [4.69, 9.17) is 4.74 Å². The Hall–Kier alpha value is -1.91. The third-order valence-electron chi connectivity index (χ3n) is 1.55. The molecule has 17 heavy (non-hydrogen) atoms. The summed E-state index contributed by atoms with van der Waals surface area (Å²) in [4.78, 5) is 32.6. The molecule has 0 aromatic carbocycles. The summed E-state index contributed by atoms with van der Waals surface area (Å²) in [6, 6.07) is 0. The van der Waals surface area contributed by atoms with E-state index in [0.717, 1.165) is 6.08 Å². The molecule has 0 heterocycles. The molecule has 0 aliphatic carbocycles. The number of carbonyl (C=O) groups is 3. The van der Waals surface area contributed by atoms with Crippen LogP contribution < -0.4 is 0 Å². The molecule has 0 aliphatic heterocycles. The molecule has 0 fully saturated rings. The zero-order valence-electron chi connectivity index (χ0n) is 9.97. The highest BCUT2D eigenvalue weighted by atomic mass is 16.6. The van der Waals surface area contributed by atoms with Gasteiger partial charge in [-0.05, 0) is 5.92 Å². The Morgan fingerprint density at radius 2 is 1.88 bits per heavy atom. The first-order valence-electron chi connectivity index (χ1n) is 5.17. The van der Waals surface area contributed by atoms with E-state index < -0.39 is 17.9 Å². The maximum absolute atomic E-state index is 11.1. The van der Waals surface area contributed by atoms with E-state index in [-0.39, 0.29) is 18.9 Å². The van der Waals surface area contributed by atoms with Crippen molar-refractivity contribution in [1.29, 1.82) is 0 Å². The second kappa shape index (κ2) is 8.27. The van der Waals surface area contributed by atoms with Gasteiger partial charge in [-0.2, -0.15) is 0 Å². The first-order chi connectivity index (χ1) is 7.95. The van der Waals surface area contributed by atoms with Crippen LogP contribution in [0.15, 0.2) is 24.8 Å². The van der Waals surface area contributed by atoms with Crippen LogP contribution in [0.4, 0.5) is 0 Å². The lowest BCUT2D eigenvalue weighted by Crippen LogP contribution is -2.13. The molecule has 0 unspecified atom stereocenters. The predicted octanol–water partition coefficient (Wildman–Crippen LogP) is 1.39. The maximum Gasteiger partial charge on any atom is 0.337 e. The first-order valence-corrected chi connectivity index (χ1v) is 5.17. The Labute approximate surface area is 100 Å². The van der Waals surface area contributed by atoms with E-state index in [1.54, 1.807) is 6.08 Å². The van der Waals surface area contributed by atoms with Crippen molar-refractivity contribution < 1.29 is 23.9 Å². The number of rotatable bonds is 6. The Kier molecular flexibility index (Phi) is 7.34.